The zero-order chi connectivity index (χ0) is 18.4. The molecule has 26 heavy (non-hydrogen) atoms. The minimum atomic E-state index is -0.354. The Kier molecular flexibility index (Phi) is 6.04. The van der Waals surface area contributed by atoms with Crippen molar-refractivity contribution in [2.75, 3.05) is 6.54 Å². The minimum Gasteiger partial charge on any atom is -0.459 e. The van der Waals surface area contributed by atoms with Gasteiger partial charge in [0, 0.05) is 29.6 Å². The third kappa shape index (κ3) is 4.71. The minimum absolute atomic E-state index is 0.108. The smallest absolute Gasteiger partial charge is 0.286 e. The van der Waals surface area contributed by atoms with Gasteiger partial charge in [-0.1, -0.05) is 29.8 Å². The Morgan fingerprint density at radius 1 is 1.23 bits per heavy atom. The lowest BCUT2D eigenvalue weighted by Crippen LogP contribution is -2.26. The number of benzene rings is 1. The maximum absolute atomic E-state index is 12.1. The van der Waals surface area contributed by atoms with E-state index in [0.29, 0.717) is 16.4 Å². The van der Waals surface area contributed by atoms with Crippen LogP contribution in [0.5, 0.6) is 0 Å². The predicted molar refractivity (Wildman–Crippen MR) is 99.1 cm³/mol. The van der Waals surface area contributed by atoms with Crippen molar-refractivity contribution >= 4 is 34.8 Å². The number of thiazole rings is 1. The number of hydrogen-bond donors (Lipinski definition) is 1. The van der Waals surface area contributed by atoms with Gasteiger partial charge in [-0.05, 0) is 23.8 Å². The zero-order valence-electron chi connectivity index (χ0n) is 13.7. The molecule has 2 aromatic heterocycles. The molecular formula is C18H16ClN3O3S. The van der Waals surface area contributed by atoms with E-state index in [1.165, 1.54) is 17.6 Å². The molecule has 0 saturated carbocycles. The molecule has 0 radical (unpaired) electrons. The molecule has 1 N–H and O–H groups in total. The summed E-state index contributed by atoms with van der Waals surface area (Å²) < 4.78 is 6.85. The van der Waals surface area contributed by atoms with Crippen LogP contribution in [-0.4, -0.2) is 22.9 Å². The number of furan rings is 1. The van der Waals surface area contributed by atoms with Crippen LogP contribution in [0, 0.1) is 0 Å². The molecule has 6 nitrogen and oxygen atoms in total. The number of carbonyl (C=O) groups is 2. The molecule has 0 saturated heterocycles. The molecular weight excluding hydrogens is 374 g/mol. The van der Waals surface area contributed by atoms with Crippen LogP contribution in [0.4, 0.5) is 0 Å². The van der Waals surface area contributed by atoms with Crippen LogP contribution in [0.15, 0.2) is 63.6 Å². The molecule has 0 fully saturated rings. The van der Waals surface area contributed by atoms with Gasteiger partial charge in [0.1, 0.15) is 0 Å². The Bertz CT molecular complexity index is 960. The molecule has 0 unspecified atom stereocenters. The highest BCUT2D eigenvalue weighted by Crippen LogP contribution is 2.15. The lowest BCUT2D eigenvalue weighted by Gasteiger charge is -2.05. The summed E-state index contributed by atoms with van der Waals surface area (Å²) in [5.41, 5.74) is 0.951. The highest BCUT2D eigenvalue weighted by Gasteiger charge is 2.09. The van der Waals surface area contributed by atoms with Gasteiger partial charge in [0.2, 0.25) is 5.91 Å². The predicted octanol–water partition coefficient (Wildman–Crippen LogP) is 3.09. The molecule has 0 atom stereocenters. The summed E-state index contributed by atoms with van der Waals surface area (Å²) in [6, 6.07) is 10.7. The van der Waals surface area contributed by atoms with Crippen molar-refractivity contribution < 1.29 is 14.0 Å². The van der Waals surface area contributed by atoms with E-state index in [2.05, 4.69) is 10.3 Å². The SMILES string of the molecule is O=C(CCNC(=O)c1ccco1)N=c1sccn1Cc1ccccc1Cl. The highest BCUT2D eigenvalue weighted by molar-refractivity contribution is 7.07. The van der Waals surface area contributed by atoms with E-state index in [1.54, 1.807) is 12.1 Å². The molecule has 0 spiro atoms. The first-order valence-corrected chi connectivity index (χ1v) is 9.16. The summed E-state index contributed by atoms with van der Waals surface area (Å²) in [6.45, 7) is 0.724. The van der Waals surface area contributed by atoms with Crippen LogP contribution in [0.3, 0.4) is 0 Å². The van der Waals surface area contributed by atoms with Crippen LogP contribution in [-0.2, 0) is 11.3 Å². The molecule has 8 heteroatoms. The van der Waals surface area contributed by atoms with Crippen LogP contribution in [0.25, 0.3) is 0 Å². The highest BCUT2D eigenvalue weighted by atomic mass is 35.5. The molecule has 2 heterocycles. The number of aromatic nitrogens is 1. The van der Waals surface area contributed by atoms with Gasteiger partial charge in [0.15, 0.2) is 10.6 Å². The van der Waals surface area contributed by atoms with E-state index in [-0.39, 0.29) is 30.5 Å². The van der Waals surface area contributed by atoms with Crippen LogP contribution < -0.4 is 10.1 Å². The van der Waals surface area contributed by atoms with Crippen LogP contribution >= 0.6 is 22.9 Å². The van der Waals surface area contributed by atoms with Gasteiger partial charge in [0.05, 0.1) is 12.8 Å². The fraction of sp³-hybridized carbons (Fsp3) is 0.167. The van der Waals surface area contributed by atoms with Gasteiger partial charge in [-0.25, -0.2) is 0 Å². The number of amides is 2. The first-order chi connectivity index (χ1) is 12.6. The first kappa shape index (κ1) is 18.2. The van der Waals surface area contributed by atoms with E-state index in [4.69, 9.17) is 16.0 Å². The number of carbonyl (C=O) groups excluding carboxylic acids is 2. The number of halogens is 1. The van der Waals surface area contributed by atoms with Crippen molar-refractivity contribution in [1.29, 1.82) is 0 Å². The van der Waals surface area contributed by atoms with E-state index in [1.807, 2.05) is 40.4 Å². The van der Waals surface area contributed by atoms with Gasteiger partial charge >= 0.3 is 0 Å². The molecule has 2 amide bonds. The largest absolute Gasteiger partial charge is 0.459 e. The van der Waals surface area contributed by atoms with Crippen molar-refractivity contribution in [2.24, 2.45) is 4.99 Å². The maximum atomic E-state index is 12.1. The average molecular weight is 390 g/mol. The van der Waals surface area contributed by atoms with Gasteiger partial charge < -0.3 is 14.3 Å². The third-order valence-electron chi connectivity index (χ3n) is 3.55. The molecule has 3 aromatic rings. The lowest BCUT2D eigenvalue weighted by atomic mass is 10.2. The summed E-state index contributed by atoms with van der Waals surface area (Å²) >= 11 is 7.56. The number of rotatable bonds is 6. The summed E-state index contributed by atoms with van der Waals surface area (Å²) in [6.07, 6.45) is 3.39. The summed E-state index contributed by atoms with van der Waals surface area (Å²) in [5, 5.41) is 5.16. The van der Waals surface area contributed by atoms with Gasteiger partial charge in [-0.15, -0.1) is 11.3 Å². The average Bonchev–Trinajstić information content (AvgIpc) is 3.29. The summed E-state index contributed by atoms with van der Waals surface area (Å²) in [5.74, 6) is -0.446. The van der Waals surface area contributed by atoms with E-state index < -0.39 is 0 Å². The fourth-order valence-corrected chi connectivity index (χ4v) is 3.20. The zero-order valence-corrected chi connectivity index (χ0v) is 15.3. The second-order valence-corrected chi connectivity index (χ2v) is 6.67. The maximum Gasteiger partial charge on any atom is 0.286 e. The van der Waals surface area contributed by atoms with Gasteiger partial charge in [-0.3, -0.25) is 9.59 Å². The fourth-order valence-electron chi connectivity index (χ4n) is 2.26. The summed E-state index contributed by atoms with van der Waals surface area (Å²) in [4.78, 5) is 28.5. The third-order valence-corrected chi connectivity index (χ3v) is 4.71. The van der Waals surface area contributed by atoms with Crippen LogP contribution in [0.1, 0.15) is 22.5 Å². The van der Waals surface area contributed by atoms with E-state index in [0.717, 1.165) is 5.56 Å². The Hall–Kier alpha value is -2.64. The van der Waals surface area contributed by atoms with Crippen molar-refractivity contribution in [1.82, 2.24) is 9.88 Å². The molecule has 0 aliphatic rings. The molecule has 0 aliphatic heterocycles. The Balaban J connectivity index is 1.60. The number of nitrogens with zero attached hydrogens (tertiary/aromatic N) is 2. The monoisotopic (exact) mass is 389 g/mol. The number of hydrogen-bond acceptors (Lipinski definition) is 4. The Morgan fingerprint density at radius 3 is 2.85 bits per heavy atom. The normalized spacial score (nSPS) is 11.5. The van der Waals surface area contributed by atoms with Crippen LogP contribution in [0.2, 0.25) is 5.02 Å². The second kappa shape index (κ2) is 8.64. The Labute approximate surface area is 158 Å². The van der Waals surface area contributed by atoms with E-state index in [9.17, 15) is 9.59 Å². The molecule has 0 bridgehead atoms. The number of nitrogens with one attached hydrogen (secondary N) is 1. The summed E-state index contributed by atoms with van der Waals surface area (Å²) in [7, 11) is 0. The standard InChI is InChI=1S/C18H16ClN3O3S/c19-14-5-2-1-4-13(14)12-22-9-11-26-18(22)21-16(23)7-8-20-17(24)15-6-3-10-25-15/h1-6,9-11H,7-8,12H2,(H,20,24). The molecule has 134 valence electrons. The molecule has 3 rings (SSSR count). The van der Waals surface area contributed by atoms with Crippen molar-refractivity contribution in [3.63, 3.8) is 0 Å². The lowest BCUT2D eigenvalue weighted by molar-refractivity contribution is -0.117. The molecule has 1 aromatic carbocycles. The molecule has 0 aliphatic carbocycles. The Morgan fingerprint density at radius 2 is 2.08 bits per heavy atom. The van der Waals surface area contributed by atoms with Crippen molar-refractivity contribution in [2.45, 2.75) is 13.0 Å². The second-order valence-electron chi connectivity index (χ2n) is 5.39. The first-order valence-electron chi connectivity index (χ1n) is 7.90. The van der Waals surface area contributed by atoms with Gasteiger partial charge in [-0.2, -0.15) is 4.99 Å². The van der Waals surface area contributed by atoms with E-state index >= 15 is 0 Å². The topological polar surface area (TPSA) is 76.6 Å². The quantitative estimate of drug-likeness (QED) is 0.703. The van der Waals surface area contributed by atoms with Crippen molar-refractivity contribution in [3.8, 4) is 0 Å². The van der Waals surface area contributed by atoms with Gasteiger partial charge in [0.25, 0.3) is 5.91 Å². The van der Waals surface area contributed by atoms with Crippen molar-refractivity contribution in [3.05, 3.63) is 75.4 Å².